The molecule has 1 aromatic heterocycles. The molecular weight excluding hydrogens is 250 g/mol. The fourth-order valence-corrected chi connectivity index (χ4v) is 2.27. The third kappa shape index (κ3) is 3.68. The van der Waals surface area contributed by atoms with Gasteiger partial charge in [0.1, 0.15) is 5.84 Å². The first-order valence-corrected chi connectivity index (χ1v) is 7.36. The van der Waals surface area contributed by atoms with Crippen LogP contribution in [0.15, 0.2) is 0 Å². The molecular formula is C15H27N5. The largest absolute Gasteiger partial charge is 0.384 e. The molecule has 20 heavy (non-hydrogen) atoms. The van der Waals surface area contributed by atoms with Gasteiger partial charge in [-0.25, -0.2) is 0 Å². The lowest BCUT2D eigenvalue weighted by Gasteiger charge is -2.23. The van der Waals surface area contributed by atoms with Gasteiger partial charge in [0, 0.05) is 13.6 Å². The summed E-state index contributed by atoms with van der Waals surface area (Å²) in [5.41, 5.74) is 8.55. The number of aromatic nitrogens is 2. The smallest absolute Gasteiger partial charge is 0.162 e. The zero-order valence-corrected chi connectivity index (χ0v) is 13.3. The van der Waals surface area contributed by atoms with E-state index < -0.39 is 0 Å². The average molecular weight is 277 g/mol. The Balaban J connectivity index is 3.22. The highest BCUT2D eigenvalue weighted by molar-refractivity contribution is 6.01. The van der Waals surface area contributed by atoms with Crippen molar-refractivity contribution in [3.8, 4) is 0 Å². The van der Waals surface area contributed by atoms with Crippen LogP contribution in [0.2, 0.25) is 0 Å². The van der Waals surface area contributed by atoms with Crippen LogP contribution < -0.4 is 10.6 Å². The van der Waals surface area contributed by atoms with Gasteiger partial charge < -0.3 is 10.6 Å². The number of anilines is 1. The van der Waals surface area contributed by atoms with Gasteiger partial charge in [0.15, 0.2) is 5.82 Å². The number of hydrogen-bond donors (Lipinski definition) is 2. The summed E-state index contributed by atoms with van der Waals surface area (Å²) in [4.78, 5) is 2.06. The Morgan fingerprint density at radius 3 is 2.35 bits per heavy atom. The minimum Gasteiger partial charge on any atom is -0.384 e. The van der Waals surface area contributed by atoms with Gasteiger partial charge >= 0.3 is 0 Å². The highest BCUT2D eigenvalue weighted by Gasteiger charge is 2.19. The zero-order chi connectivity index (χ0) is 15.3. The van der Waals surface area contributed by atoms with E-state index in [4.69, 9.17) is 11.1 Å². The average Bonchev–Trinajstić information content (AvgIpc) is 2.42. The lowest BCUT2D eigenvalue weighted by Crippen LogP contribution is -2.27. The van der Waals surface area contributed by atoms with E-state index in [-0.39, 0.29) is 5.84 Å². The molecule has 0 spiro atoms. The van der Waals surface area contributed by atoms with Crippen LogP contribution in [0.25, 0.3) is 0 Å². The van der Waals surface area contributed by atoms with Crippen molar-refractivity contribution in [2.75, 3.05) is 18.5 Å². The lowest BCUT2D eigenvalue weighted by molar-refractivity contribution is 0.582. The predicted octanol–water partition coefficient (Wildman–Crippen LogP) is 2.37. The summed E-state index contributed by atoms with van der Waals surface area (Å²) < 4.78 is 0. The van der Waals surface area contributed by atoms with E-state index in [9.17, 15) is 0 Å². The molecule has 0 amide bonds. The number of nitrogens with one attached hydrogen (secondary N) is 1. The SMILES string of the molecule is CCc1nnc(N(C)CCC(C)C)c(C(=N)N)c1CC. The number of nitrogens with two attached hydrogens (primary N) is 1. The standard InChI is InChI=1S/C15H27N5/c1-6-11-12(7-2)18-19-15(13(11)14(16)17)20(5)9-8-10(3)4/h10H,6-9H2,1-5H3,(H3,16,17). The second kappa shape index (κ2) is 7.22. The Morgan fingerprint density at radius 2 is 1.90 bits per heavy atom. The van der Waals surface area contributed by atoms with E-state index in [0.717, 1.165) is 48.4 Å². The third-order valence-corrected chi connectivity index (χ3v) is 3.50. The molecule has 1 rings (SSSR count). The van der Waals surface area contributed by atoms with E-state index >= 15 is 0 Å². The van der Waals surface area contributed by atoms with Crippen molar-refractivity contribution in [2.45, 2.75) is 47.0 Å². The van der Waals surface area contributed by atoms with Crippen molar-refractivity contribution < 1.29 is 0 Å². The quantitative estimate of drug-likeness (QED) is 0.592. The number of rotatable bonds is 7. The van der Waals surface area contributed by atoms with Crippen LogP contribution in [-0.4, -0.2) is 29.6 Å². The maximum atomic E-state index is 7.89. The first-order valence-electron chi connectivity index (χ1n) is 7.36. The van der Waals surface area contributed by atoms with E-state index in [2.05, 4.69) is 42.8 Å². The number of nitrogens with zero attached hydrogens (tertiary/aromatic N) is 3. The molecule has 5 nitrogen and oxygen atoms in total. The Labute approximate surface area is 122 Å². The second-order valence-corrected chi connectivity index (χ2v) is 5.55. The van der Waals surface area contributed by atoms with Crippen LogP contribution in [0.1, 0.15) is 50.9 Å². The minimum atomic E-state index is 0.0813. The summed E-state index contributed by atoms with van der Waals surface area (Å²) in [5.74, 6) is 1.44. The van der Waals surface area contributed by atoms with E-state index in [1.54, 1.807) is 0 Å². The molecule has 112 valence electrons. The zero-order valence-electron chi connectivity index (χ0n) is 13.3. The first-order chi connectivity index (χ1) is 9.42. The summed E-state index contributed by atoms with van der Waals surface area (Å²) in [7, 11) is 1.99. The maximum absolute atomic E-state index is 7.89. The van der Waals surface area contributed by atoms with Gasteiger partial charge in [-0.2, -0.15) is 5.10 Å². The van der Waals surface area contributed by atoms with E-state index in [0.29, 0.717) is 5.92 Å². The molecule has 0 aliphatic heterocycles. The molecule has 0 aliphatic carbocycles. The first kappa shape index (κ1) is 16.4. The molecule has 0 radical (unpaired) electrons. The number of amidine groups is 1. The Hall–Kier alpha value is -1.65. The molecule has 0 fully saturated rings. The molecule has 0 aromatic carbocycles. The molecule has 0 unspecified atom stereocenters. The van der Waals surface area contributed by atoms with Crippen LogP contribution in [0, 0.1) is 11.3 Å². The van der Waals surface area contributed by atoms with Crippen LogP contribution in [0.5, 0.6) is 0 Å². The van der Waals surface area contributed by atoms with Crippen LogP contribution in [-0.2, 0) is 12.8 Å². The summed E-state index contributed by atoms with van der Waals surface area (Å²) in [6.45, 7) is 9.41. The molecule has 0 saturated carbocycles. The van der Waals surface area contributed by atoms with Gasteiger partial charge in [0.25, 0.3) is 0 Å². The fraction of sp³-hybridized carbons (Fsp3) is 0.667. The van der Waals surface area contributed by atoms with Crippen molar-refractivity contribution in [3.05, 3.63) is 16.8 Å². The third-order valence-electron chi connectivity index (χ3n) is 3.50. The van der Waals surface area contributed by atoms with Crippen LogP contribution >= 0.6 is 0 Å². The van der Waals surface area contributed by atoms with Gasteiger partial charge in [0.05, 0.1) is 11.3 Å². The highest BCUT2D eigenvalue weighted by Crippen LogP contribution is 2.23. The summed E-state index contributed by atoms with van der Waals surface area (Å²) in [6.07, 6.45) is 2.71. The number of nitrogen functional groups attached to an aromatic ring is 1. The van der Waals surface area contributed by atoms with E-state index in [1.807, 2.05) is 7.05 Å². The molecule has 0 atom stereocenters. The fourth-order valence-electron chi connectivity index (χ4n) is 2.27. The number of hydrogen-bond acceptors (Lipinski definition) is 4. The molecule has 3 N–H and O–H groups in total. The van der Waals surface area contributed by atoms with Crippen LogP contribution in [0.4, 0.5) is 5.82 Å². The van der Waals surface area contributed by atoms with Gasteiger partial charge in [-0.3, -0.25) is 5.41 Å². The molecule has 0 bridgehead atoms. The van der Waals surface area contributed by atoms with Crippen LogP contribution in [0.3, 0.4) is 0 Å². The summed E-state index contributed by atoms with van der Waals surface area (Å²) in [5, 5.41) is 16.5. The van der Waals surface area contributed by atoms with Crippen molar-refractivity contribution >= 4 is 11.7 Å². The highest BCUT2D eigenvalue weighted by atomic mass is 15.3. The second-order valence-electron chi connectivity index (χ2n) is 5.55. The summed E-state index contributed by atoms with van der Waals surface area (Å²) in [6, 6.07) is 0. The predicted molar refractivity (Wildman–Crippen MR) is 84.5 cm³/mol. The topological polar surface area (TPSA) is 78.9 Å². The normalized spacial score (nSPS) is 10.9. The van der Waals surface area contributed by atoms with Crippen molar-refractivity contribution in [2.24, 2.45) is 11.7 Å². The van der Waals surface area contributed by atoms with Crippen molar-refractivity contribution in [1.29, 1.82) is 5.41 Å². The van der Waals surface area contributed by atoms with Gasteiger partial charge in [-0.1, -0.05) is 27.7 Å². The van der Waals surface area contributed by atoms with Gasteiger partial charge in [-0.05, 0) is 30.7 Å². The molecule has 0 saturated heterocycles. The molecule has 5 heteroatoms. The number of aryl methyl sites for hydroxylation is 1. The monoisotopic (exact) mass is 277 g/mol. The van der Waals surface area contributed by atoms with Gasteiger partial charge in [-0.15, -0.1) is 5.10 Å². The van der Waals surface area contributed by atoms with E-state index in [1.165, 1.54) is 0 Å². The Morgan fingerprint density at radius 1 is 1.25 bits per heavy atom. The van der Waals surface area contributed by atoms with Gasteiger partial charge in [0.2, 0.25) is 0 Å². The molecule has 1 aromatic rings. The minimum absolute atomic E-state index is 0.0813. The van der Waals surface area contributed by atoms with Crippen molar-refractivity contribution in [3.63, 3.8) is 0 Å². The lowest BCUT2D eigenvalue weighted by atomic mass is 10.0. The molecule has 0 aliphatic rings. The van der Waals surface area contributed by atoms with Crippen molar-refractivity contribution in [1.82, 2.24) is 10.2 Å². The Kier molecular flexibility index (Phi) is 5.92. The summed E-state index contributed by atoms with van der Waals surface area (Å²) >= 11 is 0. The maximum Gasteiger partial charge on any atom is 0.162 e. The molecule has 1 heterocycles. The Bertz CT molecular complexity index is 468.